The second-order valence-electron chi connectivity index (χ2n) is 8.29. The fraction of sp³-hybridized carbons (Fsp3) is 0.455. The SMILES string of the molecule is O=C(CC1CC2CCC1CC2n1nncc1CO)c1cc(-c2ccccc2)on1. The zero-order chi connectivity index (χ0) is 19.8. The summed E-state index contributed by atoms with van der Waals surface area (Å²) in [5, 5.41) is 21.7. The molecule has 0 saturated heterocycles. The number of aromatic nitrogens is 4. The topological polar surface area (TPSA) is 94.0 Å². The number of ketones is 1. The van der Waals surface area contributed by atoms with E-state index in [4.69, 9.17) is 4.52 Å². The van der Waals surface area contributed by atoms with E-state index in [1.165, 1.54) is 0 Å². The maximum atomic E-state index is 12.9. The third kappa shape index (κ3) is 3.40. The lowest BCUT2D eigenvalue weighted by atomic mass is 9.61. The Morgan fingerprint density at radius 1 is 1.17 bits per heavy atom. The monoisotopic (exact) mass is 392 g/mol. The van der Waals surface area contributed by atoms with Gasteiger partial charge in [-0.15, -0.1) is 5.10 Å². The van der Waals surface area contributed by atoms with Crippen LogP contribution >= 0.6 is 0 Å². The molecule has 2 bridgehead atoms. The number of carbonyl (C=O) groups is 1. The molecule has 0 spiro atoms. The number of hydrogen-bond acceptors (Lipinski definition) is 6. The average molecular weight is 392 g/mol. The van der Waals surface area contributed by atoms with Gasteiger partial charge in [0.25, 0.3) is 0 Å². The molecule has 3 aliphatic rings. The Bertz CT molecular complexity index is 996. The largest absolute Gasteiger partial charge is 0.390 e. The van der Waals surface area contributed by atoms with Crippen LogP contribution in [-0.2, 0) is 6.61 Å². The van der Waals surface area contributed by atoms with Crippen molar-refractivity contribution in [1.82, 2.24) is 20.2 Å². The highest BCUT2D eigenvalue weighted by Crippen LogP contribution is 2.51. The molecule has 6 rings (SSSR count). The van der Waals surface area contributed by atoms with Crippen molar-refractivity contribution < 1.29 is 14.4 Å². The van der Waals surface area contributed by atoms with Gasteiger partial charge in [0.2, 0.25) is 0 Å². The van der Waals surface area contributed by atoms with Gasteiger partial charge in [-0.3, -0.25) is 4.79 Å². The van der Waals surface area contributed by atoms with Gasteiger partial charge in [-0.2, -0.15) is 0 Å². The summed E-state index contributed by atoms with van der Waals surface area (Å²) < 4.78 is 7.30. The number of aliphatic hydroxyl groups is 1. The van der Waals surface area contributed by atoms with Crippen LogP contribution in [0.1, 0.15) is 54.3 Å². The Morgan fingerprint density at radius 2 is 2.00 bits per heavy atom. The van der Waals surface area contributed by atoms with E-state index in [0.717, 1.165) is 36.9 Å². The van der Waals surface area contributed by atoms with Crippen molar-refractivity contribution in [2.24, 2.45) is 17.8 Å². The summed E-state index contributed by atoms with van der Waals surface area (Å²) in [6.07, 6.45) is 6.45. The van der Waals surface area contributed by atoms with Gasteiger partial charge in [0.05, 0.1) is 24.5 Å². The fourth-order valence-corrected chi connectivity index (χ4v) is 5.22. The maximum Gasteiger partial charge on any atom is 0.185 e. The van der Waals surface area contributed by atoms with Gasteiger partial charge in [0.15, 0.2) is 11.5 Å². The number of benzene rings is 1. The molecule has 3 fully saturated rings. The number of carbonyl (C=O) groups excluding carboxylic acids is 1. The molecule has 29 heavy (non-hydrogen) atoms. The van der Waals surface area contributed by atoms with Crippen molar-refractivity contribution in [2.75, 3.05) is 0 Å². The van der Waals surface area contributed by atoms with Crippen LogP contribution in [0.2, 0.25) is 0 Å². The normalized spacial score (nSPS) is 26.0. The summed E-state index contributed by atoms with van der Waals surface area (Å²) in [5.41, 5.74) is 2.11. The first-order valence-electron chi connectivity index (χ1n) is 10.3. The summed E-state index contributed by atoms with van der Waals surface area (Å²) in [6.45, 7) is -0.0429. The molecule has 2 aromatic heterocycles. The van der Waals surface area contributed by atoms with E-state index < -0.39 is 0 Å². The van der Waals surface area contributed by atoms with Crippen LogP contribution in [0.5, 0.6) is 0 Å². The molecule has 0 amide bonds. The molecule has 3 aliphatic carbocycles. The number of hydrogen-bond donors (Lipinski definition) is 1. The van der Waals surface area contributed by atoms with Crippen LogP contribution in [0.25, 0.3) is 11.3 Å². The van der Waals surface area contributed by atoms with Gasteiger partial charge >= 0.3 is 0 Å². The molecule has 0 radical (unpaired) electrons. The lowest BCUT2D eigenvalue weighted by Crippen LogP contribution is -2.40. The van der Waals surface area contributed by atoms with Crippen molar-refractivity contribution in [3.05, 3.63) is 54.0 Å². The average Bonchev–Trinajstić information content (AvgIpc) is 3.44. The number of aliphatic hydroxyl groups excluding tert-OH is 1. The van der Waals surface area contributed by atoms with Gasteiger partial charge in [0, 0.05) is 18.1 Å². The molecule has 7 nitrogen and oxygen atoms in total. The molecule has 2 heterocycles. The van der Waals surface area contributed by atoms with Gasteiger partial charge < -0.3 is 9.63 Å². The van der Waals surface area contributed by atoms with Crippen molar-refractivity contribution in [2.45, 2.75) is 44.8 Å². The highest BCUT2D eigenvalue weighted by Gasteiger charge is 2.44. The van der Waals surface area contributed by atoms with Crippen molar-refractivity contribution >= 4 is 5.78 Å². The van der Waals surface area contributed by atoms with Crippen LogP contribution in [-0.4, -0.2) is 31.0 Å². The minimum atomic E-state index is -0.0429. The predicted molar refractivity (Wildman–Crippen MR) is 105 cm³/mol. The molecular formula is C22H24N4O3. The Hall–Kier alpha value is -2.80. The second kappa shape index (κ2) is 7.55. The fourth-order valence-electron chi connectivity index (χ4n) is 5.22. The number of rotatable bonds is 6. The number of fused-ring (bicyclic) bond motifs is 3. The zero-order valence-electron chi connectivity index (χ0n) is 16.1. The number of nitrogens with zero attached hydrogens (tertiary/aromatic N) is 4. The molecule has 4 unspecified atom stereocenters. The molecule has 1 N–H and O–H groups in total. The van der Waals surface area contributed by atoms with E-state index in [2.05, 4.69) is 15.5 Å². The van der Waals surface area contributed by atoms with Crippen molar-refractivity contribution in [3.8, 4) is 11.3 Å². The number of Topliss-reactive ketones (excluding diaryl/α,β-unsaturated/α-hetero) is 1. The quantitative estimate of drug-likeness (QED) is 0.643. The summed E-state index contributed by atoms with van der Waals surface area (Å²) in [5.74, 6) is 2.02. The molecule has 4 atom stereocenters. The summed E-state index contributed by atoms with van der Waals surface area (Å²) in [6, 6.07) is 11.7. The zero-order valence-corrected chi connectivity index (χ0v) is 16.1. The summed E-state index contributed by atoms with van der Waals surface area (Å²) in [7, 11) is 0. The molecular weight excluding hydrogens is 368 g/mol. The smallest absolute Gasteiger partial charge is 0.185 e. The van der Waals surface area contributed by atoms with Crippen molar-refractivity contribution in [1.29, 1.82) is 0 Å². The molecule has 0 aliphatic heterocycles. The second-order valence-corrected chi connectivity index (χ2v) is 8.29. The van der Waals surface area contributed by atoms with E-state index in [9.17, 15) is 9.90 Å². The minimum Gasteiger partial charge on any atom is -0.390 e. The van der Waals surface area contributed by atoms with Crippen LogP contribution in [0.4, 0.5) is 0 Å². The van der Waals surface area contributed by atoms with E-state index in [-0.39, 0.29) is 18.4 Å². The Balaban J connectivity index is 1.27. The van der Waals surface area contributed by atoms with Crippen LogP contribution in [0.15, 0.2) is 47.1 Å². The van der Waals surface area contributed by atoms with Gasteiger partial charge in [-0.25, -0.2) is 4.68 Å². The molecule has 1 aromatic carbocycles. The highest BCUT2D eigenvalue weighted by atomic mass is 16.5. The predicted octanol–water partition coefficient (Wildman–Crippen LogP) is 3.68. The van der Waals surface area contributed by atoms with E-state index >= 15 is 0 Å². The van der Waals surface area contributed by atoms with Gasteiger partial charge in [-0.05, 0) is 43.4 Å². The summed E-state index contributed by atoms with van der Waals surface area (Å²) in [4.78, 5) is 12.9. The minimum absolute atomic E-state index is 0.0429. The van der Waals surface area contributed by atoms with Gasteiger partial charge in [-0.1, -0.05) is 40.7 Å². The molecule has 7 heteroatoms. The highest BCUT2D eigenvalue weighted by molar-refractivity contribution is 5.95. The summed E-state index contributed by atoms with van der Waals surface area (Å²) >= 11 is 0. The first kappa shape index (κ1) is 18.2. The lowest BCUT2D eigenvalue weighted by molar-refractivity contribution is 0.0324. The Kier molecular flexibility index (Phi) is 4.75. The maximum absolute atomic E-state index is 12.9. The third-order valence-electron chi connectivity index (χ3n) is 6.70. The Labute approximate surface area is 168 Å². The third-order valence-corrected chi connectivity index (χ3v) is 6.70. The van der Waals surface area contributed by atoms with E-state index in [1.54, 1.807) is 12.3 Å². The Morgan fingerprint density at radius 3 is 2.76 bits per heavy atom. The first-order valence-corrected chi connectivity index (χ1v) is 10.3. The standard InChI is InChI=1S/C22H24N4O3/c27-13-18-12-23-25-26(18)20-9-15-6-7-16(20)8-17(15)10-21(28)19-11-22(29-24-19)14-4-2-1-3-5-14/h1-5,11-12,15-17,20,27H,6-10,13H2. The van der Waals surface area contributed by atoms with Crippen molar-refractivity contribution in [3.63, 3.8) is 0 Å². The van der Waals surface area contributed by atoms with Crippen LogP contribution < -0.4 is 0 Å². The molecule has 150 valence electrons. The van der Waals surface area contributed by atoms with E-state index in [1.807, 2.05) is 35.0 Å². The first-order chi connectivity index (χ1) is 14.2. The molecule has 3 aromatic rings. The van der Waals surface area contributed by atoms with E-state index in [0.29, 0.717) is 35.6 Å². The lowest BCUT2D eigenvalue weighted by Gasteiger charge is -2.47. The van der Waals surface area contributed by atoms with Gasteiger partial charge in [0.1, 0.15) is 5.69 Å². The van der Waals surface area contributed by atoms with Crippen LogP contribution in [0, 0.1) is 17.8 Å². The molecule has 3 saturated carbocycles. The van der Waals surface area contributed by atoms with Crippen LogP contribution in [0.3, 0.4) is 0 Å².